The summed E-state index contributed by atoms with van der Waals surface area (Å²) in [7, 11) is 0. The number of carbonyl (C=O) groups excluding carboxylic acids is 1. The summed E-state index contributed by atoms with van der Waals surface area (Å²) in [6.45, 7) is 2.49. The van der Waals surface area contributed by atoms with Crippen LogP contribution in [0, 0.1) is 18.3 Å². The highest BCUT2D eigenvalue weighted by Gasteiger charge is 2.03. The Hall–Kier alpha value is -2.80. The molecule has 0 saturated carbocycles. The minimum atomic E-state index is -0.165. The van der Waals surface area contributed by atoms with Crippen LogP contribution < -0.4 is 10.1 Å². The molecule has 1 amide bonds. The average molecular weight is 294 g/mol. The molecule has 0 aliphatic heterocycles. The van der Waals surface area contributed by atoms with Gasteiger partial charge in [0.15, 0.2) is 6.61 Å². The Labute approximate surface area is 130 Å². The molecule has 4 nitrogen and oxygen atoms in total. The Kier molecular flexibility index (Phi) is 5.56. The Bertz CT molecular complexity index is 655. The lowest BCUT2D eigenvalue weighted by atomic mass is 10.1. The van der Waals surface area contributed by atoms with Crippen LogP contribution in [0.5, 0.6) is 5.75 Å². The van der Waals surface area contributed by atoms with Gasteiger partial charge in [0.05, 0.1) is 12.5 Å². The van der Waals surface area contributed by atoms with Crippen molar-refractivity contribution in [3.05, 3.63) is 65.2 Å². The molecular weight excluding hydrogens is 276 g/mol. The molecule has 0 radical (unpaired) electrons. The molecular formula is C18H18N2O2. The van der Waals surface area contributed by atoms with E-state index in [1.807, 2.05) is 43.3 Å². The zero-order valence-corrected chi connectivity index (χ0v) is 12.5. The number of carbonyl (C=O) groups is 1. The van der Waals surface area contributed by atoms with Crippen LogP contribution in [0.4, 0.5) is 0 Å². The second-order valence-corrected chi connectivity index (χ2v) is 5.03. The zero-order chi connectivity index (χ0) is 15.8. The molecule has 112 valence electrons. The fraction of sp³-hybridized carbons (Fsp3) is 0.222. The molecule has 2 aromatic carbocycles. The topological polar surface area (TPSA) is 62.1 Å². The Morgan fingerprint density at radius 3 is 2.36 bits per heavy atom. The highest BCUT2D eigenvalue weighted by Crippen LogP contribution is 2.12. The lowest BCUT2D eigenvalue weighted by molar-refractivity contribution is -0.123. The lowest BCUT2D eigenvalue weighted by Crippen LogP contribution is -2.28. The van der Waals surface area contributed by atoms with Crippen molar-refractivity contribution in [3.8, 4) is 11.8 Å². The highest BCUT2D eigenvalue weighted by molar-refractivity contribution is 5.77. The predicted molar refractivity (Wildman–Crippen MR) is 84.3 cm³/mol. The van der Waals surface area contributed by atoms with Crippen molar-refractivity contribution >= 4 is 5.91 Å². The van der Waals surface area contributed by atoms with Crippen LogP contribution in [0.3, 0.4) is 0 Å². The third-order valence-corrected chi connectivity index (χ3v) is 3.19. The van der Waals surface area contributed by atoms with Crippen molar-refractivity contribution in [2.24, 2.45) is 0 Å². The zero-order valence-electron chi connectivity index (χ0n) is 12.5. The van der Waals surface area contributed by atoms with Crippen LogP contribution in [0.1, 0.15) is 16.7 Å². The van der Waals surface area contributed by atoms with Crippen molar-refractivity contribution in [3.63, 3.8) is 0 Å². The molecule has 0 aliphatic rings. The lowest BCUT2D eigenvalue weighted by Gasteiger charge is -2.08. The summed E-state index contributed by atoms with van der Waals surface area (Å²) < 4.78 is 5.41. The Balaban J connectivity index is 1.75. The standard InChI is InChI=1S/C18H18N2O2/c1-14-2-4-16(5-3-14)12-20-18(21)13-22-17-8-6-15(7-9-17)10-11-19/h2-9H,10,12-13H2,1H3,(H,20,21). The summed E-state index contributed by atoms with van der Waals surface area (Å²) >= 11 is 0. The first-order valence-electron chi connectivity index (χ1n) is 7.08. The molecule has 1 N–H and O–H groups in total. The quantitative estimate of drug-likeness (QED) is 0.891. The minimum Gasteiger partial charge on any atom is -0.484 e. The average Bonchev–Trinajstić information content (AvgIpc) is 2.54. The van der Waals surface area contributed by atoms with Crippen LogP contribution in [-0.4, -0.2) is 12.5 Å². The van der Waals surface area contributed by atoms with Crippen molar-refractivity contribution < 1.29 is 9.53 Å². The van der Waals surface area contributed by atoms with Crippen LogP contribution in [0.25, 0.3) is 0 Å². The van der Waals surface area contributed by atoms with E-state index in [1.54, 1.807) is 12.1 Å². The van der Waals surface area contributed by atoms with E-state index >= 15 is 0 Å². The fourth-order valence-corrected chi connectivity index (χ4v) is 1.90. The number of nitrogens with one attached hydrogen (secondary N) is 1. The molecule has 0 bridgehead atoms. The summed E-state index contributed by atoms with van der Waals surface area (Å²) in [4.78, 5) is 11.7. The molecule has 0 fully saturated rings. The molecule has 0 unspecified atom stereocenters. The summed E-state index contributed by atoms with van der Waals surface area (Å²) in [5.74, 6) is 0.453. The monoisotopic (exact) mass is 294 g/mol. The molecule has 22 heavy (non-hydrogen) atoms. The normalized spacial score (nSPS) is 9.82. The van der Waals surface area contributed by atoms with E-state index in [0.717, 1.165) is 11.1 Å². The maximum absolute atomic E-state index is 11.7. The first-order valence-corrected chi connectivity index (χ1v) is 7.08. The SMILES string of the molecule is Cc1ccc(CNC(=O)COc2ccc(CC#N)cc2)cc1. The maximum Gasteiger partial charge on any atom is 0.258 e. The molecule has 0 heterocycles. The molecule has 0 saturated heterocycles. The summed E-state index contributed by atoms with van der Waals surface area (Å²) in [5, 5.41) is 11.4. The number of rotatable bonds is 6. The van der Waals surface area contributed by atoms with Gasteiger partial charge in [-0.2, -0.15) is 5.26 Å². The second-order valence-electron chi connectivity index (χ2n) is 5.03. The smallest absolute Gasteiger partial charge is 0.258 e. The van der Waals surface area contributed by atoms with Gasteiger partial charge in [-0.1, -0.05) is 42.0 Å². The molecule has 0 atom stereocenters. The number of amides is 1. The molecule has 2 rings (SSSR count). The summed E-state index contributed by atoms with van der Waals surface area (Å²) in [5.41, 5.74) is 3.18. The van der Waals surface area contributed by atoms with Gasteiger partial charge in [0.2, 0.25) is 0 Å². The van der Waals surface area contributed by atoms with Crippen molar-refractivity contribution in [1.82, 2.24) is 5.32 Å². The van der Waals surface area contributed by atoms with E-state index in [9.17, 15) is 4.79 Å². The fourth-order valence-electron chi connectivity index (χ4n) is 1.90. The number of nitriles is 1. The number of aryl methyl sites for hydroxylation is 1. The first-order chi connectivity index (χ1) is 10.7. The Morgan fingerprint density at radius 2 is 1.73 bits per heavy atom. The third-order valence-electron chi connectivity index (χ3n) is 3.19. The molecule has 0 spiro atoms. The Morgan fingerprint density at radius 1 is 1.09 bits per heavy atom. The number of nitrogens with zero attached hydrogens (tertiary/aromatic N) is 1. The van der Waals surface area contributed by atoms with E-state index in [2.05, 4.69) is 11.4 Å². The molecule has 4 heteroatoms. The third kappa shape index (κ3) is 4.95. The van der Waals surface area contributed by atoms with E-state index in [0.29, 0.717) is 18.7 Å². The van der Waals surface area contributed by atoms with E-state index in [1.165, 1.54) is 5.56 Å². The largest absolute Gasteiger partial charge is 0.484 e. The van der Waals surface area contributed by atoms with Gasteiger partial charge in [-0.3, -0.25) is 4.79 Å². The summed E-state index contributed by atoms with van der Waals surface area (Å²) in [6, 6.07) is 17.3. The second kappa shape index (κ2) is 7.84. The van der Waals surface area contributed by atoms with Gasteiger partial charge >= 0.3 is 0 Å². The van der Waals surface area contributed by atoms with Gasteiger partial charge in [0.1, 0.15) is 5.75 Å². The minimum absolute atomic E-state index is 0.0243. The van der Waals surface area contributed by atoms with Gasteiger partial charge in [0, 0.05) is 6.54 Å². The molecule has 2 aromatic rings. The summed E-state index contributed by atoms with van der Waals surface area (Å²) in [6.07, 6.45) is 0.372. The molecule has 0 aliphatic carbocycles. The highest BCUT2D eigenvalue weighted by atomic mass is 16.5. The van der Waals surface area contributed by atoms with Gasteiger partial charge in [-0.05, 0) is 30.2 Å². The van der Waals surface area contributed by atoms with E-state index < -0.39 is 0 Å². The van der Waals surface area contributed by atoms with Gasteiger partial charge < -0.3 is 10.1 Å². The number of hydrogen-bond donors (Lipinski definition) is 1. The van der Waals surface area contributed by atoms with Gasteiger partial charge in [-0.15, -0.1) is 0 Å². The number of hydrogen-bond acceptors (Lipinski definition) is 3. The van der Waals surface area contributed by atoms with Crippen LogP contribution in [0.15, 0.2) is 48.5 Å². The van der Waals surface area contributed by atoms with Crippen molar-refractivity contribution in [2.45, 2.75) is 19.9 Å². The first kappa shape index (κ1) is 15.6. The van der Waals surface area contributed by atoms with Crippen LogP contribution in [-0.2, 0) is 17.8 Å². The van der Waals surface area contributed by atoms with Gasteiger partial charge in [-0.25, -0.2) is 0 Å². The number of benzene rings is 2. The van der Waals surface area contributed by atoms with E-state index in [-0.39, 0.29) is 12.5 Å². The van der Waals surface area contributed by atoms with Crippen molar-refractivity contribution in [2.75, 3.05) is 6.61 Å². The molecule has 0 aromatic heterocycles. The van der Waals surface area contributed by atoms with Crippen LogP contribution in [0.2, 0.25) is 0 Å². The van der Waals surface area contributed by atoms with Crippen molar-refractivity contribution in [1.29, 1.82) is 5.26 Å². The predicted octanol–water partition coefficient (Wildman–Crippen LogP) is 2.76. The maximum atomic E-state index is 11.7. The van der Waals surface area contributed by atoms with Crippen LogP contribution >= 0.6 is 0 Å². The van der Waals surface area contributed by atoms with E-state index in [4.69, 9.17) is 10.00 Å². The van der Waals surface area contributed by atoms with Gasteiger partial charge in [0.25, 0.3) is 5.91 Å². The number of ether oxygens (including phenoxy) is 1.